The first-order chi connectivity index (χ1) is 14.6. The molecule has 0 spiro atoms. The average molecular weight is 400 g/mol. The summed E-state index contributed by atoms with van der Waals surface area (Å²) in [5, 5.41) is 2.95. The summed E-state index contributed by atoms with van der Waals surface area (Å²) in [7, 11) is 1.57. The minimum atomic E-state index is -0.167. The smallest absolute Gasteiger partial charge is 0.258 e. The summed E-state index contributed by atoms with van der Waals surface area (Å²) in [6, 6.07) is 22.5. The van der Waals surface area contributed by atoms with E-state index in [2.05, 4.69) is 18.3 Å². The van der Waals surface area contributed by atoms with Crippen LogP contribution in [-0.2, 0) is 13.0 Å². The van der Waals surface area contributed by atoms with E-state index in [1.807, 2.05) is 47.4 Å². The van der Waals surface area contributed by atoms with Crippen molar-refractivity contribution in [2.75, 3.05) is 12.0 Å². The monoisotopic (exact) mass is 400 g/mol. The third-order valence-corrected chi connectivity index (χ3v) is 5.39. The molecule has 1 aliphatic heterocycles. The third kappa shape index (κ3) is 3.92. The molecule has 0 radical (unpaired) electrons. The van der Waals surface area contributed by atoms with Crippen LogP contribution in [0.15, 0.2) is 72.8 Å². The molecule has 3 aromatic carbocycles. The van der Waals surface area contributed by atoms with Crippen LogP contribution in [0.3, 0.4) is 0 Å². The maximum absolute atomic E-state index is 13.1. The molecule has 1 atom stereocenters. The fourth-order valence-corrected chi connectivity index (χ4v) is 3.84. The highest BCUT2D eigenvalue weighted by Gasteiger charge is 2.31. The van der Waals surface area contributed by atoms with Crippen molar-refractivity contribution in [1.29, 1.82) is 0 Å². The highest BCUT2D eigenvalue weighted by atomic mass is 16.5. The lowest BCUT2D eigenvalue weighted by atomic mass is 10.1. The largest absolute Gasteiger partial charge is 0.497 e. The minimum Gasteiger partial charge on any atom is -0.497 e. The van der Waals surface area contributed by atoms with Crippen molar-refractivity contribution in [3.8, 4) is 5.75 Å². The van der Waals surface area contributed by atoms with Crippen LogP contribution in [0.5, 0.6) is 5.75 Å². The van der Waals surface area contributed by atoms with Gasteiger partial charge in [-0.25, -0.2) is 0 Å². The lowest BCUT2D eigenvalue weighted by Crippen LogP contribution is -2.35. The van der Waals surface area contributed by atoms with Gasteiger partial charge < -0.3 is 15.0 Å². The van der Waals surface area contributed by atoms with Crippen molar-refractivity contribution in [3.63, 3.8) is 0 Å². The number of carbonyl (C=O) groups excluding carboxylic acids is 2. The summed E-state index contributed by atoms with van der Waals surface area (Å²) in [5.74, 6) is 0.476. The number of nitrogens with zero attached hydrogens (tertiary/aromatic N) is 1. The Balaban J connectivity index is 1.51. The molecule has 1 aliphatic rings. The number of anilines is 1. The Morgan fingerprint density at radius 2 is 1.77 bits per heavy atom. The molecule has 0 bridgehead atoms. The number of fused-ring (bicyclic) bond motifs is 1. The second kappa shape index (κ2) is 8.41. The van der Waals surface area contributed by atoms with Gasteiger partial charge in [-0.05, 0) is 60.9 Å². The van der Waals surface area contributed by atoms with Crippen molar-refractivity contribution in [2.24, 2.45) is 0 Å². The quantitative estimate of drug-likeness (QED) is 0.698. The van der Waals surface area contributed by atoms with Gasteiger partial charge in [-0.15, -0.1) is 0 Å². The Morgan fingerprint density at radius 3 is 2.53 bits per heavy atom. The molecule has 152 valence electrons. The number of rotatable bonds is 5. The molecule has 0 saturated carbocycles. The van der Waals surface area contributed by atoms with Gasteiger partial charge >= 0.3 is 0 Å². The van der Waals surface area contributed by atoms with E-state index in [9.17, 15) is 9.59 Å². The summed E-state index contributed by atoms with van der Waals surface area (Å²) in [5.41, 5.74) is 4.24. The lowest BCUT2D eigenvalue weighted by Gasteiger charge is -2.23. The average Bonchev–Trinajstić information content (AvgIpc) is 3.12. The molecular formula is C25H24N2O3. The Hall–Kier alpha value is -3.60. The maximum atomic E-state index is 13.1. The minimum absolute atomic E-state index is 0.000541. The first-order valence-corrected chi connectivity index (χ1v) is 9.99. The number of nitrogens with one attached hydrogen (secondary N) is 1. The molecular weight excluding hydrogens is 376 g/mol. The van der Waals surface area contributed by atoms with Gasteiger partial charge in [-0.1, -0.05) is 36.4 Å². The number of amides is 2. The first kappa shape index (κ1) is 19.7. The number of benzene rings is 3. The molecule has 2 amide bonds. The van der Waals surface area contributed by atoms with Crippen LogP contribution in [0.4, 0.5) is 5.69 Å². The van der Waals surface area contributed by atoms with Gasteiger partial charge in [-0.2, -0.15) is 0 Å². The number of carbonyl (C=O) groups is 2. The predicted molar refractivity (Wildman–Crippen MR) is 117 cm³/mol. The second-order valence-electron chi connectivity index (χ2n) is 7.47. The molecule has 0 fully saturated rings. The molecule has 0 aliphatic carbocycles. The van der Waals surface area contributed by atoms with Crippen LogP contribution in [0.25, 0.3) is 0 Å². The highest BCUT2D eigenvalue weighted by Crippen LogP contribution is 2.34. The highest BCUT2D eigenvalue weighted by molar-refractivity contribution is 6.07. The van der Waals surface area contributed by atoms with Crippen molar-refractivity contribution in [3.05, 3.63) is 95.1 Å². The Kier molecular flexibility index (Phi) is 5.53. The van der Waals surface area contributed by atoms with Crippen LogP contribution >= 0.6 is 0 Å². The van der Waals surface area contributed by atoms with E-state index in [1.54, 1.807) is 31.4 Å². The Morgan fingerprint density at radius 1 is 1.00 bits per heavy atom. The van der Waals surface area contributed by atoms with Crippen molar-refractivity contribution in [1.82, 2.24) is 5.32 Å². The van der Waals surface area contributed by atoms with Crippen molar-refractivity contribution in [2.45, 2.75) is 25.9 Å². The van der Waals surface area contributed by atoms with Crippen LogP contribution < -0.4 is 15.0 Å². The zero-order valence-electron chi connectivity index (χ0n) is 17.1. The number of ether oxygens (including phenoxy) is 1. The molecule has 1 heterocycles. The normalized spacial score (nSPS) is 14.9. The van der Waals surface area contributed by atoms with Crippen LogP contribution in [0.1, 0.15) is 38.8 Å². The summed E-state index contributed by atoms with van der Waals surface area (Å²) in [6.07, 6.45) is 0.824. The van der Waals surface area contributed by atoms with E-state index in [0.717, 1.165) is 23.2 Å². The summed E-state index contributed by atoms with van der Waals surface area (Å²) >= 11 is 0. The van der Waals surface area contributed by atoms with Crippen LogP contribution in [0, 0.1) is 0 Å². The van der Waals surface area contributed by atoms with Crippen molar-refractivity contribution < 1.29 is 14.3 Å². The van der Waals surface area contributed by atoms with Gasteiger partial charge in [0.05, 0.1) is 7.11 Å². The molecule has 4 rings (SSSR count). The van der Waals surface area contributed by atoms with Gasteiger partial charge in [0.2, 0.25) is 0 Å². The summed E-state index contributed by atoms with van der Waals surface area (Å²) < 4.78 is 5.18. The van der Waals surface area contributed by atoms with Gasteiger partial charge in [0.15, 0.2) is 0 Å². The molecule has 0 aromatic heterocycles. The van der Waals surface area contributed by atoms with E-state index < -0.39 is 0 Å². The topological polar surface area (TPSA) is 58.6 Å². The standard InChI is InChI=1S/C25H24N2O3/c1-17-13-20-12-11-18(16-26-24(28)21-9-6-10-22(15-21)30-2)14-23(20)27(17)25(29)19-7-4-3-5-8-19/h3-12,14-15,17H,13,16H2,1-2H3,(H,26,28)/t17-/m1/s1. The predicted octanol–water partition coefficient (Wildman–Crippen LogP) is 4.22. The van der Waals surface area contributed by atoms with E-state index in [-0.39, 0.29) is 17.9 Å². The second-order valence-corrected chi connectivity index (χ2v) is 7.47. The van der Waals surface area contributed by atoms with E-state index >= 15 is 0 Å². The van der Waals surface area contributed by atoms with Gasteiger partial charge in [0.1, 0.15) is 5.75 Å². The molecule has 30 heavy (non-hydrogen) atoms. The van der Waals surface area contributed by atoms with Crippen molar-refractivity contribution >= 4 is 17.5 Å². The van der Waals surface area contributed by atoms with Crippen LogP contribution in [0.2, 0.25) is 0 Å². The van der Waals surface area contributed by atoms with Gasteiger partial charge in [-0.3, -0.25) is 9.59 Å². The molecule has 5 nitrogen and oxygen atoms in total. The number of methoxy groups -OCH3 is 1. The molecule has 0 unspecified atom stereocenters. The Labute approximate surface area is 176 Å². The van der Waals surface area contributed by atoms with E-state index in [1.165, 1.54) is 0 Å². The van der Waals surface area contributed by atoms with Gasteiger partial charge in [0.25, 0.3) is 11.8 Å². The Bertz CT molecular complexity index is 1080. The third-order valence-electron chi connectivity index (χ3n) is 5.39. The fraction of sp³-hybridized carbons (Fsp3) is 0.200. The summed E-state index contributed by atoms with van der Waals surface area (Å²) in [6.45, 7) is 2.44. The SMILES string of the molecule is COc1cccc(C(=O)NCc2ccc3c(c2)N(C(=O)c2ccccc2)[C@H](C)C3)c1. The number of hydrogen-bond donors (Lipinski definition) is 1. The van der Waals surface area contributed by atoms with E-state index in [4.69, 9.17) is 4.74 Å². The van der Waals surface area contributed by atoms with Crippen LogP contribution in [-0.4, -0.2) is 25.0 Å². The van der Waals surface area contributed by atoms with Gasteiger partial charge in [0, 0.05) is 29.4 Å². The molecule has 0 saturated heterocycles. The molecule has 5 heteroatoms. The zero-order chi connectivity index (χ0) is 21.1. The summed E-state index contributed by atoms with van der Waals surface area (Å²) in [4.78, 5) is 27.4. The maximum Gasteiger partial charge on any atom is 0.258 e. The molecule has 1 N–H and O–H groups in total. The lowest BCUT2D eigenvalue weighted by molar-refractivity contribution is 0.0948. The fourth-order valence-electron chi connectivity index (χ4n) is 3.84. The first-order valence-electron chi connectivity index (χ1n) is 9.99. The zero-order valence-corrected chi connectivity index (χ0v) is 17.1. The molecule has 3 aromatic rings. The number of hydrogen-bond acceptors (Lipinski definition) is 3. The van der Waals surface area contributed by atoms with E-state index in [0.29, 0.717) is 23.4 Å².